The summed E-state index contributed by atoms with van der Waals surface area (Å²) in [6.45, 7) is 4.50. The number of amides is 2. The van der Waals surface area contributed by atoms with Crippen LogP contribution in [0.5, 0.6) is 5.75 Å². The monoisotopic (exact) mass is 725 g/mol. The van der Waals surface area contributed by atoms with Gasteiger partial charge in [-0.3, -0.25) is 9.59 Å². The van der Waals surface area contributed by atoms with Crippen LogP contribution in [0.1, 0.15) is 66.9 Å². The summed E-state index contributed by atoms with van der Waals surface area (Å²) in [6.07, 6.45) is -10.3. The molecule has 0 unspecified atom stereocenters. The Labute approximate surface area is 278 Å². The molecule has 48 heavy (non-hydrogen) atoms. The largest absolute Gasteiger partial charge is 0.491 e. The number of likely N-dealkylation sites (tertiary alicyclic amines) is 1. The van der Waals surface area contributed by atoms with Crippen molar-refractivity contribution in [3.63, 3.8) is 0 Å². The Morgan fingerprint density at radius 3 is 2.25 bits per heavy atom. The molecule has 3 N–H and O–H groups in total. The number of nitrogens with two attached hydrogens (primary N) is 1. The SMILES string of the molecule is CC(C)CN[C@@H]1CC[C@H](N2CC[C@@H](c3c(C(N)=O)ccc(OC(=O)C(F)(F)F)c3C(F)(F)F)C2=O)[C@H](CS(=O)(=O)c2ccc(Cl)cc2)C1. The van der Waals surface area contributed by atoms with Crippen molar-refractivity contribution in [1.82, 2.24) is 10.2 Å². The fraction of sp³-hybridized carbons (Fsp3) is 0.516. The minimum absolute atomic E-state index is 0.000300. The molecule has 2 amide bonds. The lowest BCUT2D eigenvalue weighted by molar-refractivity contribution is -0.190. The van der Waals surface area contributed by atoms with E-state index in [0.29, 0.717) is 43.0 Å². The number of alkyl halides is 6. The van der Waals surface area contributed by atoms with Crippen molar-refractivity contribution in [3.05, 3.63) is 58.1 Å². The van der Waals surface area contributed by atoms with Crippen molar-refractivity contribution in [2.75, 3.05) is 18.8 Å². The topological polar surface area (TPSA) is 136 Å². The molecule has 2 aromatic rings. The number of carbonyl (C=O) groups is 3. The molecular weight excluding hydrogens is 692 g/mol. The molecule has 1 aliphatic carbocycles. The standard InChI is InChI=1S/C31H34ClF6N3O6S/c1-16(2)14-40-19-5-9-23(17(13-19)15-48(45,46)20-6-3-18(32)4-7-20)41-12-11-22(28(41)43)25-21(27(39)42)8-10-24(26(25)30(33,34)35)47-29(44)31(36,37)38/h3-4,6-8,10,16-17,19,22-23,40H,5,9,11-15H2,1-2H3,(H2,39,42)/t17-,19+,22-,23-/m0/s1. The summed E-state index contributed by atoms with van der Waals surface area (Å²) < 4.78 is 113. The fourth-order valence-electron chi connectivity index (χ4n) is 6.46. The Kier molecular flexibility index (Phi) is 11.1. The Morgan fingerprint density at radius 2 is 1.69 bits per heavy atom. The van der Waals surface area contributed by atoms with Crippen LogP contribution < -0.4 is 15.8 Å². The highest BCUT2D eigenvalue weighted by molar-refractivity contribution is 7.91. The minimum atomic E-state index is -5.64. The number of hydrogen-bond acceptors (Lipinski definition) is 7. The molecular formula is C31H34ClF6N3O6S. The van der Waals surface area contributed by atoms with Crippen molar-refractivity contribution in [2.45, 2.75) is 74.8 Å². The summed E-state index contributed by atoms with van der Waals surface area (Å²) in [6, 6.07) is 5.74. The third kappa shape index (κ3) is 8.43. The maximum Gasteiger partial charge on any atom is 0.491 e. The molecule has 4 rings (SSSR count). The van der Waals surface area contributed by atoms with E-state index in [-0.39, 0.29) is 29.8 Å². The maximum atomic E-state index is 14.5. The van der Waals surface area contributed by atoms with E-state index < -0.39 is 86.0 Å². The Morgan fingerprint density at radius 1 is 1.04 bits per heavy atom. The fourth-order valence-corrected chi connectivity index (χ4v) is 8.25. The number of sulfone groups is 1. The van der Waals surface area contributed by atoms with Gasteiger partial charge in [-0.15, -0.1) is 0 Å². The van der Waals surface area contributed by atoms with Crippen molar-refractivity contribution in [2.24, 2.45) is 17.6 Å². The van der Waals surface area contributed by atoms with E-state index in [1.807, 2.05) is 13.8 Å². The summed E-state index contributed by atoms with van der Waals surface area (Å²) in [4.78, 5) is 39.1. The van der Waals surface area contributed by atoms with E-state index >= 15 is 0 Å². The van der Waals surface area contributed by atoms with Crippen LogP contribution in [0.3, 0.4) is 0 Å². The van der Waals surface area contributed by atoms with Gasteiger partial charge in [-0.2, -0.15) is 26.3 Å². The van der Waals surface area contributed by atoms with E-state index in [1.54, 1.807) is 0 Å². The van der Waals surface area contributed by atoms with Crippen LogP contribution in [0.25, 0.3) is 0 Å². The molecule has 1 aliphatic heterocycles. The molecule has 1 heterocycles. The van der Waals surface area contributed by atoms with Crippen molar-refractivity contribution in [3.8, 4) is 5.75 Å². The highest BCUT2D eigenvalue weighted by Gasteiger charge is 2.50. The van der Waals surface area contributed by atoms with Gasteiger partial charge in [0.15, 0.2) is 9.84 Å². The van der Waals surface area contributed by atoms with Crippen LogP contribution in [0, 0.1) is 11.8 Å². The highest BCUT2D eigenvalue weighted by Crippen LogP contribution is 2.47. The zero-order valence-corrected chi connectivity index (χ0v) is 27.4. The van der Waals surface area contributed by atoms with Crippen LogP contribution in [-0.4, -0.2) is 68.2 Å². The Balaban J connectivity index is 1.73. The number of hydrogen-bond donors (Lipinski definition) is 2. The van der Waals surface area contributed by atoms with Crippen molar-refractivity contribution < 1.29 is 53.9 Å². The molecule has 4 atom stereocenters. The van der Waals surface area contributed by atoms with E-state index in [0.717, 1.165) is 0 Å². The third-order valence-corrected chi connectivity index (χ3v) is 10.7. The molecule has 17 heteroatoms. The predicted molar refractivity (Wildman–Crippen MR) is 162 cm³/mol. The lowest BCUT2D eigenvalue weighted by Crippen LogP contribution is -2.51. The molecule has 9 nitrogen and oxygen atoms in total. The molecule has 1 saturated heterocycles. The summed E-state index contributed by atoms with van der Waals surface area (Å²) in [5.74, 6) is -9.24. The first-order valence-electron chi connectivity index (χ1n) is 15.1. The van der Waals surface area contributed by atoms with Gasteiger partial charge in [0.1, 0.15) is 11.3 Å². The van der Waals surface area contributed by atoms with Gasteiger partial charge in [-0.05, 0) is 86.0 Å². The smallest absolute Gasteiger partial charge is 0.419 e. The van der Waals surface area contributed by atoms with Crippen LogP contribution in [0.4, 0.5) is 26.3 Å². The summed E-state index contributed by atoms with van der Waals surface area (Å²) in [5, 5.41) is 3.72. The normalized spacial score (nSPS) is 22.3. The minimum Gasteiger partial charge on any atom is -0.419 e. The predicted octanol–water partition coefficient (Wildman–Crippen LogP) is 5.50. The number of nitrogens with zero attached hydrogens (tertiary/aromatic N) is 1. The molecule has 0 radical (unpaired) electrons. The highest BCUT2D eigenvalue weighted by atomic mass is 35.5. The van der Waals surface area contributed by atoms with Crippen molar-refractivity contribution in [1.29, 1.82) is 0 Å². The molecule has 0 spiro atoms. The first-order valence-corrected chi connectivity index (χ1v) is 17.1. The van der Waals surface area contributed by atoms with Gasteiger partial charge in [-0.1, -0.05) is 25.4 Å². The van der Waals surface area contributed by atoms with Gasteiger partial charge in [0, 0.05) is 29.2 Å². The number of esters is 1. The lowest BCUT2D eigenvalue weighted by Gasteiger charge is -2.41. The molecule has 264 valence electrons. The Bertz CT molecular complexity index is 1650. The Hall–Kier alpha value is -3.37. The van der Waals surface area contributed by atoms with Gasteiger partial charge >= 0.3 is 18.3 Å². The van der Waals surface area contributed by atoms with Gasteiger partial charge < -0.3 is 20.7 Å². The number of nitrogens with one attached hydrogen (secondary N) is 1. The second kappa shape index (κ2) is 14.2. The molecule has 2 aliphatic rings. The van der Waals surface area contributed by atoms with Crippen LogP contribution >= 0.6 is 11.6 Å². The number of primary amides is 1. The summed E-state index contributed by atoms with van der Waals surface area (Å²) >= 11 is 5.93. The van der Waals surface area contributed by atoms with Crippen LogP contribution in [0.2, 0.25) is 5.02 Å². The van der Waals surface area contributed by atoms with Crippen LogP contribution in [-0.2, 0) is 25.6 Å². The first kappa shape index (κ1) is 37.4. The summed E-state index contributed by atoms with van der Waals surface area (Å²) in [7, 11) is -3.92. The molecule has 2 aromatic carbocycles. The van der Waals surface area contributed by atoms with Crippen molar-refractivity contribution >= 4 is 39.2 Å². The van der Waals surface area contributed by atoms with Gasteiger partial charge in [-0.25, -0.2) is 13.2 Å². The average Bonchev–Trinajstić information content (AvgIpc) is 3.35. The second-order valence-electron chi connectivity index (χ2n) is 12.4. The number of rotatable bonds is 10. The second-order valence-corrected chi connectivity index (χ2v) is 14.9. The average molecular weight is 726 g/mol. The first-order chi connectivity index (χ1) is 22.2. The van der Waals surface area contributed by atoms with E-state index in [4.69, 9.17) is 17.3 Å². The van der Waals surface area contributed by atoms with E-state index in [2.05, 4.69) is 10.1 Å². The molecule has 2 fully saturated rings. The zero-order valence-electron chi connectivity index (χ0n) is 25.8. The molecule has 0 bridgehead atoms. The van der Waals surface area contributed by atoms with Gasteiger partial charge in [0.25, 0.3) is 0 Å². The third-order valence-electron chi connectivity index (χ3n) is 8.54. The van der Waals surface area contributed by atoms with Gasteiger partial charge in [0.2, 0.25) is 11.8 Å². The number of halogens is 7. The molecule has 0 aromatic heterocycles. The number of benzene rings is 2. The zero-order chi connectivity index (χ0) is 35.8. The van der Waals surface area contributed by atoms with E-state index in [1.165, 1.54) is 29.2 Å². The number of ether oxygens (including phenoxy) is 1. The quantitative estimate of drug-likeness (QED) is 0.188. The summed E-state index contributed by atoms with van der Waals surface area (Å²) in [5.41, 5.74) is 1.67. The van der Waals surface area contributed by atoms with E-state index in [9.17, 15) is 49.1 Å². The van der Waals surface area contributed by atoms with Gasteiger partial charge in [0.05, 0.1) is 16.6 Å². The number of carbonyl (C=O) groups excluding carboxylic acids is 3. The molecule has 1 saturated carbocycles. The van der Waals surface area contributed by atoms with Crippen LogP contribution in [0.15, 0.2) is 41.3 Å². The maximum absolute atomic E-state index is 14.5. The lowest BCUT2D eigenvalue weighted by atomic mass is 9.81.